The number of rotatable bonds is 4. The van der Waals surface area contributed by atoms with Gasteiger partial charge in [0.05, 0.1) is 6.61 Å². The van der Waals surface area contributed by atoms with Crippen LogP contribution in [0.5, 0.6) is 0 Å². The molecule has 0 aliphatic carbocycles. The zero-order chi connectivity index (χ0) is 13.0. The smallest absolute Gasteiger partial charge is 0.261 e. The molecule has 0 amide bonds. The van der Waals surface area contributed by atoms with Crippen molar-refractivity contribution in [3.63, 3.8) is 0 Å². The van der Waals surface area contributed by atoms with Gasteiger partial charge in [0.2, 0.25) is 0 Å². The van der Waals surface area contributed by atoms with Gasteiger partial charge in [0.1, 0.15) is 0 Å². The second kappa shape index (κ2) is 5.51. The number of hydrogen-bond donors (Lipinski definition) is 0. The van der Waals surface area contributed by atoms with Gasteiger partial charge in [0, 0.05) is 10.6 Å². The van der Waals surface area contributed by atoms with E-state index in [1.807, 2.05) is 68.4 Å². The lowest BCUT2D eigenvalue weighted by Gasteiger charge is -2.18. The van der Waals surface area contributed by atoms with Gasteiger partial charge in [-0.15, -0.1) is 0 Å². The average Bonchev–Trinajstić information content (AvgIpc) is 2.40. The van der Waals surface area contributed by atoms with Crippen molar-refractivity contribution >= 4 is 18.0 Å². The summed E-state index contributed by atoms with van der Waals surface area (Å²) in [5.74, 6) is 0. The van der Waals surface area contributed by atoms with Crippen molar-refractivity contribution in [2.24, 2.45) is 0 Å². The highest BCUT2D eigenvalue weighted by Crippen LogP contribution is 2.44. The van der Waals surface area contributed by atoms with E-state index < -0.39 is 7.37 Å². The van der Waals surface area contributed by atoms with Crippen molar-refractivity contribution < 1.29 is 9.09 Å². The van der Waals surface area contributed by atoms with Crippen molar-refractivity contribution in [1.29, 1.82) is 0 Å². The molecule has 2 rings (SSSR count). The Morgan fingerprint density at radius 1 is 0.944 bits per heavy atom. The third kappa shape index (κ3) is 2.55. The minimum Gasteiger partial charge on any atom is -0.322 e. The Morgan fingerprint density at radius 2 is 1.50 bits per heavy atom. The van der Waals surface area contributed by atoms with E-state index >= 15 is 0 Å². The molecule has 0 aliphatic rings. The van der Waals surface area contributed by atoms with Crippen molar-refractivity contribution in [3.05, 3.63) is 60.2 Å². The molecule has 2 aromatic rings. The second-order valence-corrected chi connectivity index (χ2v) is 6.53. The lowest BCUT2D eigenvalue weighted by atomic mass is 10.2. The third-order valence-corrected chi connectivity index (χ3v) is 5.36. The molecule has 0 aliphatic heterocycles. The van der Waals surface area contributed by atoms with Gasteiger partial charge in [0.25, 0.3) is 7.37 Å². The van der Waals surface area contributed by atoms with Crippen LogP contribution < -0.4 is 10.6 Å². The van der Waals surface area contributed by atoms with Crippen LogP contribution >= 0.6 is 7.37 Å². The zero-order valence-corrected chi connectivity index (χ0v) is 11.6. The first-order valence-electron chi connectivity index (χ1n) is 6.04. The van der Waals surface area contributed by atoms with Gasteiger partial charge < -0.3 is 4.52 Å². The molecule has 0 fully saturated rings. The lowest BCUT2D eigenvalue weighted by molar-refractivity contribution is 0.348. The van der Waals surface area contributed by atoms with Gasteiger partial charge >= 0.3 is 0 Å². The molecule has 18 heavy (non-hydrogen) atoms. The standard InChI is InChI=1S/C15H17O2P/c1-3-17-18(16,14-7-5-4-6-8-14)15-11-9-13(2)10-12-15/h4-12H,3H2,1-2H3. The van der Waals surface area contributed by atoms with Crippen LogP contribution in [0.1, 0.15) is 12.5 Å². The summed E-state index contributed by atoms with van der Waals surface area (Å²) in [7, 11) is -2.94. The first-order valence-corrected chi connectivity index (χ1v) is 7.66. The van der Waals surface area contributed by atoms with Crippen molar-refractivity contribution in [2.75, 3.05) is 6.61 Å². The topological polar surface area (TPSA) is 26.3 Å². The average molecular weight is 260 g/mol. The van der Waals surface area contributed by atoms with Crippen molar-refractivity contribution in [3.8, 4) is 0 Å². The van der Waals surface area contributed by atoms with Crippen LogP contribution in [0, 0.1) is 6.92 Å². The highest BCUT2D eigenvalue weighted by Gasteiger charge is 2.27. The third-order valence-electron chi connectivity index (χ3n) is 2.78. The van der Waals surface area contributed by atoms with Gasteiger partial charge in [-0.05, 0) is 38.1 Å². The van der Waals surface area contributed by atoms with Crippen LogP contribution in [0.15, 0.2) is 54.6 Å². The Balaban J connectivity index is 2.51. The van der Waals surface area contributed by atoms with Gasteiger partial charge in [-0.2, -0.15) is 0 Å². The van der Waals surface area contributed by atoms with Gasteiger partial charge in [-0.25, -0.2) is 0 Å². The SMILES string of the molecule is CCOP(=O)(c1ccccc1)c1ccc(C)cc1. The van der Waals surface area contributed by atoms with E-state index in [-0.39, 0.29) is 0 Å². The normalized spacial score (nSPS) is 14.1. The largest absolute Gasteiger partial charge is 0.322 e. The Labute approximate surface area is 108 Å². The Bertz CT molecular complexity index is 546. The van der Waals surface area contributed by atoms with Gasteiger partial charge in [0.15, 0.2) is 0 Å². The minimum atomic E-state index is -2.94. The summed E-state index contributed by atoms with van der Waals surface area (Å²) in [4.78, 5) is 0. The molecule has 0 heterocycles. The molecule has 2 aromatic carbocycles. The summed E-state index contributed by atoms with van der Waals surface area (Å²) in [6, 6.07) is 17.1. The Hall–Kier alpha value is -1.37. The van der Waals surface area contributed by atoms with E-state index in [4.69, 9.17) is 4.52 Å². The molecule has 1 unspecified atom stereocenters. The first kappa shape index (κ1) is 13.1. The Morgan fingerprint density at radius 3 is 2.06 bits per heavy atom. The quantitative estimate of drug-likeness (QED) is 0.789. The second-order valence-electron chi connectivity index (χ2n) is 4.14. The molecule has 0 saturated carbocycles. The maximum atomic E-state index is 13.1. The fourth-order valence-electron chi connectivity index (χ4n) is 1.85. The monoisotopic (exact) mass is 260 g/mol. The fourth-order valence-corrected chi connectivity index (χ4v) is 3.91. The molecular formula is C15H17O2P. The number of hydrogen-bond acceptors (Lipinski definition) is 2. The van der Waals surface area contributed by atoms with Crippen LogP contribution in [0.4, 0.5) is 0 Å². The van der Waals surface area contributed by atoms with E-state index in [2.05, 4.69) is 0 Å². The van der Waals surface area contributed by atoms with Crippen LogP contribution in [-0.4, -0.2) is 6.61 Å². The maximum absolute atomic E-state index is 13.1. The van der Waals surface area contributed by atoms with E-state index in [1.165, 1.54) is 0 Å². The highest BCUT2D eigenvalue weighted by molar-refractivity contribution is 7.74. The minimum absolute atomic E-state index is 0.431. The molecule has 2 nitrogen and oxygen atoms in total. The predicted molar refractivity (Wildman–Crippen MR) is 76.1 cm³/mol. The molecular weight excluding hydrogens is 243 g/mol. The van der Waals surface area contributed by atoms with Crippen molar-refractivity contribution in [1.82, 2.24) is 0 Å². The molecule has 0 radical (unpaired) electrons. The molecule has 1 atom stereocenters. The molecule has 0 spiro atoms. The summed E-state index contributed by atoms with van der Waals surface area (Å²) in [6.07, 6.45) is 0. The van der Waals surface area contributed by atoms with Gasteiger partial charge in [-0.1, -0.05) is 35.9 Å². The van der Waals surface area contributed by atoms with E-state index in [9.17, 15) is 4.57 Å². The van der Waals surface area contributed by atoms with Crippen LogP contribution in [0.3, 0.4) is 0 Å². The molecule has 0 N–H and O–H groups in total. The summed E-state index contributed by atoms with van der Waals surface area (Å²) < 4.78 is 18.7. The van der Waals surface area contributed by atoms with Crippen LogP contribution in [0.25, 0.3) is 0 Å². The van der Waals surface area contributed by atoms with Crippen molar-refractivity contribution in [2.45, 2.75) is 13.8 Å². The fraction of sp³-hybridized carbons (Fsp3) is 0.200. The predicted octanol–water partition coefficient (Wildman–Crippen LogP) is 3.26. The highest BCUT2D eigenvalue weighted by atomic mass is 31.2. The Kier molecular flexibility index (Phi) is 4.00. The molecule has 3 heteroatoms. The first-order chi connectivity index (χ1) is 8.66. The maximum Gasteiger partial charge on any atom is 0.261 e. The summed E-state index contributed by atoms with van der Waals surface area (Å²) in [6.45, 7) is 4.31. The number of aryl methyl sites for hydroxylation is 1. The number of benzene rings is 2. The summed E-state index contributed by atoms with van der Waals surface area (Å²) >= 11 is 0. The van der Waals surface area contributed by atoms with E-state index in [0.29, 0.717) is 6.61 Å². The zero-order valence-electron chi connectivity index (χ0n) is 10.7. The molecule has 94 valence electrons. The van der Waals surface area contributed by atoms with E-state index in [0.717, 1.165) is 16.2 Å². The van der Waals surface area contributed by atoms with E-state index in [1.54, 1.807) is 0 Å². The van der Waals surface area contributed by atoms with Gasteiger partial charge in [-0.3, -0.25) is 4.57 Å². The van der Waals surface area contributed by atoms with Crippen LogP contribution in [0.2, 0.25) is 0 Å². The molecule has 0 bridgehead atoms. The summed E-state index contributed by atoms with van der Waals surface area (Å²) in [5, 5.41) is 1.50. The van der Waals surface area contributed by atoms with Crippen LogP contribution in [-0.2, 0) is 9.09 Å². The summed E-state index contributed by atoms with van der Waals surface area (Å²) in [5.41, 5.74) is 1.15. The molecule has 0 saturated heterocycles. The lowest BCUT2D eigenvalue weighted by Crippen LogP contribution is -2.18. The molecule has 0 aromatic heterocycles.